The van der Waals surface area contributed by atoms with Crippen LogP contribution in [0.3, 0.4) is 0 Å². The van der Waals surface area contributed by atoms with E-state index in [1.54, 1.807) is 42.7 Å². The quantitative estimate of drug-likeness (QED) is 0.298. The van der Waals surface area contributed by atoms with Gasteiger partial charge < -0.3 is 9.47 Å². The summed E-state index contributed by atoms with van der Waals surface area (Å²) in [6.07, 6.45) is 4.35. The highest BCUT2D eigenvalue weighted by molar-refractivity contribution is 9.10. The molecule has 190 valence electrons. The largest absolute Gasteiger partial charge is 0.493 e. The van der Waals surface area contributed by atoms with Crippen molar-refractivity contribution in [2.45, 2.75) is 26.4 Å². The number of imidazole rings is 1. The van der Waals surface area contributed by atoms with E-state index < -0.39 is 21.6 Å². The Morgan fingerprint density at radius 2 is 1.92 bits per heavy atom. The summed E-state index contributed by atoms with van der Waals surface area (Å²) in [6, 6.07) is 7.81. The van der Waals surface area contributed by atoms with Crippen molar-refractivity contribution in [3.8, 4) is 11.5 Å². The molecule has 0 radical (unpaired) electrons. The highest BCUT2D eigenvalue weighted by atomic mass is 79.9. The zero-order chi connectivity index (χ0) is 26.0. The third-order valence-electron chi connectivity index (χ3n) is 5.56. The maximum Gasteiger partial charge on any atom is 0.331 e. The Hall–Kier alpha value is -3.25. The van der Waals surface area contributed by atoms with Gasteiger partial charge in [-0.1, -0.05) is 6.07 Å². The molecular weight excluding hydrogens is 550 g/mol. The zero-order valence-corrected chi connectivity index (χ0v) is 22.7. The minimum atomic E-state index is -3.51. The molecule has 0 N–H and O–H groups in total. The van der Waals surface area contributed by atoms with Gasteiger partial charge in [0.05, 0.1) is 37.6 Å². The molecule has 1 aromatic carbocycles. The predicted molar refractivity (Wildman–Crippen MR) is 140 cm³/mol. The van der Waals surface area contributed by atoms with Crippen molar-refractivity contribution in [1.82, 2.24) is 24.1 Å². The molecule has 0 spiro atoms. The number of pyridine rings is 1. The molecule has 0 aliphatic carbocycles. The van der Waals surface area contributed by atoms with Crippen LogP contribution < -0.4 is 15.2 Å². The van der Waals surface area contributed by atoms with Gasteiger partial charge in [0.1, 0.15) is 15.7 Å². The van der Waals surface area contributed by atoms with Crippen molar-refractivity contribution in [3.63, 3.8) is 0 Å². The molecule has 12 heteroatoms. The number of sulfone groups is 1. The second-order valence-corrected chi connectivity index (χ2v) is 11.4. The van der Waals surface area contributed by atoms with Gasteiger partial charge in [-0.05, 0) is 59.6 Å². The Balaban J connectivity index is 1.96. The fourth-order valence-electron chi connectivity index (χ4n) is 4.06. The molecule has 0 saturated heterocycles. The van der Waals surface area contributed by atoms with Gasteiger partial charge in [-0.15, -0.1) is 0 Å². The average Bonchev–Trinajstić information content (AvgIpc) is 3.07. The van der Waals surface area contributed by atoms with Crippen LogP contribution in [0.25, 0.3) is 11.2 Å². The molecule has 4 rings (SSSR count). The first kappa shape index (κ1) is 25.8. The summed E-state index contributed by atoms with van der Waals surface area (Å²) < 4.78 is 39.7. The van der Waals surface area contributed by atoms with E-state index in [2.05, 4.69) is 30.9 Å². The van der Waals surface area contributed by atoms with E-state index in [1.165, 1.54) is 16.2 Å². The van der Waals surface area contributed by atoms with Gasteiger partial charge in [-0.2, -0.15) is 0 Å². The zero-order valence-electron chi connectivity index (χ0n) is 20.3. The van der Waals surface area contributed by atoms with Crippen LogP contribution in [0.5, 0.6) is 11.5 Å². The first-order chi connectivity index (χ1) is 17.1. The maximum atomic E-state index is 13.9. The van der Waals surface area contributed by atoms with E-state index in [-0.39, 0.29) is 12.3 Å². The number of halogens is 1. The Labute approximate surface area is 217 Å². The lowest BCUT2D eigenvalue weighted by Crippen LogP contribution is -2.32. The van der Waals surface area contributed by atoms with Crippen LogP contribution in [0.2, 0.25) is 0 Å². The van der Waals surface area contributed by atoms with Gasteiger partial charge in [0.2, 0.25) is 0 Å². The van der Waals surface area contributed by atoms with E-state index in [9.17, 15) is 13.2 Å². The SMILES string of the molecule is CCOc1cc(C(CS(C)(=O)=O)n2c(=O)n(Cc3nccc(C)n3)c3cc(Br)cnc32)ccc1OC. The Morgan fingerprint density at radius 3 is 2.58 bits per heavy atom. The van der Waals surface area contributed by atoms with E-state index in [4.69, 9.17) is 9.47 Å². The lowest BCUT2D eigenvalue weighted by molar-refractivity contribution is 0.310. The number of rotatable bonds is 9. The van der Waals surface area contributed by atoms with Gasteiger partial charge in [0, 0.05) is 28.8 Å². The number of nitrogens with zero attached hydrogens (tertiary/aromatic N) is 5. The van der Waals surface area contributed by atoms with Gasteiger partial charge in [0.15, 0.2) is 17.1 Å². The van der Waals surface area contributed by atoms with Crippen LogP contribution >= 0.6 is 15.9 Å². The smallest absolute Gasteiger partial charge is 0.331 e. The molecule has 1 unspecified atom stereocenters. The molecule has 0 saturated carbocycles. The number of ether oxygens (including phenoxy) is 2. The van der Waals surface area contributed by atoms with Crippen LogP contribution in [0.4, 0.5) is 0 Å². The van der Waals surface area contributed by atoms with Gasteiger partial charge in [-0.3, -0.25) is 9.13 Å². The Kier molecular flexibility index (Phi) is 7.46. The minimum Gasteiger partial charge on any atom is -0.493 e. The van der Waals surface area contributed by atoms with Crippen molar-refractivity contribution in [1.29, 1.82) is 0 Å². The van der Waals surface area contributed by atoms with Gasteiger partial charge >= 0.3 is 5.69 Å². The van der Waals surface area contributed by atoms with Crippen LogP contribution in [-0.4, -0.2) is 58.2 Å². The molecule has 0 amide bonds. The monoisotopic (exact) mass is 575 g/mol. The number of aromatic nitrogens is 5. The molecule has 36 heavy (non-hydrogen) atoms. The van der Waals surface area contributed by atoms with E-state index in [0.717, 1.165) is 11.9 Å². The summed E-state index contributed by atoms with van der Waals surface area (Å²) in [5, 5.41) is 0. The molecule has 10 nitrogen and oxygen atoms in total. The molecular formula is C24H26BrN5O5S. The number of hydrogen-bond donors (Lipinski definition) is 0. The summed E-state index contributed by atoms with van der Waals surface area (Å²) in [6.45, 7) is 4.17. The first-order valence-corrected chi connectivity index (χ1v) is 14.0. The Bertz CT molecular complexity index is 1580. The van der Waals surface area contributed by atoms with Crippen molar-refractivity contribution >= 4 is 36.9 Å². The van der Waals surface area contributed by atoms with Crippen molar-refractivity contribution in [2.75, 3.05) is 25.7 Å². The number of methoxy groups -OCH3 is 1. The van der Waals surface area contributed by atoms with E-state index in [1.807, 2.05) is 13.8 Å². The molecule has 1 atom stereocenters. The van der Waals surface area contributed by atoms with E-state index >= 15 is 0 Å². The molecule has 0 bridgehead atoms. The van der Waals surface area contributed by atoms with Crippen molar-refractivity contribution < 1.29 is 17.9 Å². The summed E-state index contributed by atoms with van der Waals surface area (Å²) in [7, 11) is -1.99. The predicted octanol–water partition coefficient (Wildman–Crippen LogP) is 3.15. The normalized spacial score (nSPS) is 12.6. The number of hydrogen-bond acceptors (Lipinski definition) is 8. The number of fused-ring (bicyclic) bond motifs is 1. The summed E-state index contributed by atoms with van der Waals surface area (Å²) in [4.78, 5) is 27.1. The third-order valence-corrected chi connectivity index (χ3v) is 6.91. The first-order valence-electron chi connectivity index (χ1n) is 11.1. The van der Waals surface area contributed by atoms with Gasteiger partial charge in [0.25, 0.3) is 0 Å². The lowest BCUT2D eigenvalue weighted by atomic mass is 10.1. The fourth-order valence-corrected chi connectivity index (χ4v) is 5.29. The fraction of sp³-hybridized carbons (Fsp3) is 0.333. The Morgan fingerprint density at radius 1 is 1.14 bits per heavy atom. The summed E-state index contributed by atoms with van der Waals surface area (Å²) in [5.74, 6) is 1.10. The third kappa shape index (κ3) is 5.44. The maximum absolute atomic E-state index is 13.9. The summed E-state index contributed by atoms with van der Waals surface area (Å²) in [5.41, 5.74) is 1.79. The van der Waals surface area contributed by atoms with Gasteiger partial charge in [-0.25, -0.2) is 28.2 Å². The van der Waals surface area contributed by atoms with Crippen LogP contribution in [-0.2, 0) is 16.4 Å². The van der Waals surface area contributed by atoms with Crippen molar-refractivity contribution in [2.24, 2.45) is 0 Å². The standard InChI is InChI=1S/C24H26BrN5O5S/c1-5-35-21-10-16(6-7-20(21)34-3)19(14-36(4,32)33)30-23-18(11-17(25)12-27-23)29(24(30)31)13-22-26-9-8-15(2)28-22/h6-12,19H,5,13-14H2,1-4H3. The highest BCUT2D eigenvalue weighted by Gasteiger charge is 2.27. The second-order valence-electron chi connectivity index (χ2n) is 8.30. The average molecular weight is 576 g/mol. The van der Waals surface area contributed by atoms with E-state index in [0.29, 0.717) is 45.1 Å². The molecule has 0 aliphatic heterocycles. The van der Waals surface area contributed by atoms with Crippen LogP contribution in [0, 0.1) is 6.92 Å². The molecule has 3 aromatic heterocycles. The van der Waals surface area contributed by atoms with Crippen molar-refractivity contribution in [3.05, 3.63) is 74.8 Å². The van der Waals surface area contributed by atoms with Crippen LogP contribution in [0.1, 0.15) is 30.0 Å². The molecule has 0 aliphatic rings. The minimum absolute atomic E-state index is 0.0978. The topological polar surface area (TPSA) is 118 Å². The number of benzene rings is 1. The summed E-state index contributed by atoms with van der Waals surface area (Å²) >= 11 is 3.43. The lowest BCUT2D eigenvalue weighted by Gasteiger charge is -2.20. The number of aryl methyl sites for hydroxylation is 1. The van der Waals surface area contributed by atoms with Crippen LogP contribution in [0.15, 0.2) is 52.0 Å². The second kappa shape index (κ2) is 10.4. The highest BCUT2D eigenvalue weighted by Crippen LogP contribution is 2.33. The molecule has 4 aromatic rings. The molecule has 3 heterocycles. The molecule has 0 fully saturated rings.